The summed E-state index contributed by atoms with van der Waals surface area (Å²) in [6.45, 7) is 9.28. The molecule has 1 saturated carbocycles. The summed E-state index contributed by atoms with van der Waals surface area (Å²) in [7, 11) is 0. The lowest BCUT2D eigenvalue weighted by Crippen LogP contribution is -2.41. The molecule has 18 heavy (non-hydrogen) atoms. The van der Waals surface area contributed by atoms with Crippen LogP contribution in [0.3, 0.4) is 0 Å². The number of hydrogen-bond donors (Lipinski definition) is 1. The molecule has 2 N–H and O–H groups in total. The van der Waals surface area contributed by atoms with Gasteiger partial charge in [0.15, 0.2) is 0 Å². The van der Waals surface area contributed by atoms with Gasteiger partial charge in [0.25, 0.3) is 0 Å². The molecule has 1 aliphatic carbocycles. The lowest BCUT2D eigenvalue weighted by atomic mass is 9.84. The molecule has 3 nitrogen and oxygen atoms in total. The molecule has 106 valence electrons. The van der Waals surface area contributed by atoms with Crippen LogP contribution in [0.2, 0.25) is 0 Å². The highest BCUT2D eigenvalue weighted by molar-refractivity contribution is 4.81. The van der Waals surface area contributed by atoms with E-state index in [4.69, 9.17) is 5.73 Å². The number of rotatable bonds is 4. The van der Waals surface area contributed by atoms with Crippen LogP contribution < -0.4 is 5.73 Å². The minimum absolute atomic E-state index is 0.807. The van der Waals surface area contributed by atoms with Crippen molar-refractivity contribution in [2.45, 2.75) is 51.5 Å². The first-order chi connectivity index (χ1) is 8.83. The van der Waals surface area contributed by atoms with Crippen molar-refractivity contribution in [3.8, 4) is 0 Å². The molecule has 0 amide bonds. The fourth-order valence-electron chi connectivity index (χ4n) is 3.68. The Labute approximate surface area is 113 Å². The highest BCUT2D eigenvalue weighted by Gasteiger charge is 2.26. The van der Waals surface area contributed by atoms with Gasteiger partial charge in [0.2, 0.25) is 0 Å². The van der Waals surface area contributed by atoms with Crippen LogP contribution in [0.5, 0.6) is 0 Å². The van der Waals surface area contributed by atoms with Crippen molar-refractivity contribution in [3.63, 3.8) is 0 Å². The van der Waals surface area contributed by atoms with Gasteiger partial charge in [0.05, 0.1) is 0 Å². The predicted octanol–water partition coefficient (Wildman–Crippen LogP) is 1.92. The highest BCUT2D eigenvalue weighted by Crippen LogP contribution is 2.29. The van der Waals surface area contributed by atoms with Gasteiger partial charge in [-0.25, -0.2) is 0 Å². The third-order valence-corrected chi connectivity index (χ3v) is 4.98. The topological polar surface area (TPSA) is 32.5 Å². The largest absolute Gasteiger partial charge is 0.329 e. The summed E-state index contributed by atoms with van der Waals surface area (Å²) in [5.41, 5.74) is 5.66. The molecule has 2 aliphatic rings. The average Bonchev–Trinajstić information content (AvgIpc) is 2.65. The standard InChI is InChI=1S/C15H31N3/c1-2-14-4-6-15(7-5-14)18-10-3-9-17(11-8-16)12-13-18/h14-15H,2-13,16H2,1H3. The summed E-state index contributed by atoms with van der Waals surface area (Å²) in [5, 5.41) is 0. The van der Waals surface area contributed by atoms with Gasteiger partial charge in [-0.1, -0.05) is 13.3 Å². The zero-order valence-electron chi connectivity index (χ0n) is 12.1. The molecule has 2 fully saturated rings. The van der Waals surface area contributed by atoms with Gasteiger partial charge in [-0.05, 0) is 51.1 Å². The van der Waals surface area contributed by atoms with Gasteiger partial charge in [-0.3, -0.25) is 4.90 Å². The van der Waals surface area contributed by atoms with E-state index in [1.54, 1.807) is 0 Å². The summed E-state index contributed by atoms with van der Waals surface area (Å²) in [5.74, 6) is 1.02. The first kappa shape index (κ1) is 14.3. The van der Waals surface area contributed by atoms with Crippen LogP contribution >= 0.6 is 0 Å². The van der Waals surface area contributed by atoms with Crippen LogP contribution in [0.1, 0.15) is 45.4 Å². The number of hydrogen-bond acceptors (Lipinski definition) is 3. The molecule has 0 aromatic heterocycles. The normalized spacial score (nSPS) is 32.3. The summed E-state index contributed by atoms with van der Waals surface area (Å²) in [4.78, 5) is 5.31. The molecule has 3 heteroatoms. The second kappa shape index (κ2) is 7.46. The van der Waals surface area contributed by atoms with Crippen molar-refractivity contribution >= 4 is 0 Å². The van der Waals surface area contributed by atoms with Crippen molar-refractivity contribution in [2.24, 2.45) is 11.7 Å². The van der Waals surface area contributed by atoms with Crippen molar-refractivity contribution in [3.05, 3.63) is 0 Å². The van der Waals surface area contributed by atoms with Gasteiger partial charge < -0.3 is 10.6 Å². The van der Waals surface area contributed by atoms with Crippen LogP contribution in [0, 0.1) is 5.92 Å². The maximum absolute atomic E-state index is 5.66. The molecule has 0 aromatic carbocycles. The second-order valence-electron chi connectivity index (χ2n) is 6.10. The summed E-state index contributed by atoms with van der Waals surface area (Å²) in [6.07, 6.45) is 8.52. The van der Waals surface area contributed by atoms with Crippen LogP contribution in [-0.4, -0.2) is 55.1 Å². The Morgan fingerprint density at radius 3 is 2.44 bits per heavy atom. The van der Waals surface area contributed by atoms with Crippen LogP contribution in [0.25, 0.3) is 0 Å². The monoisotopic (exact) mass is 253 g/mol. The zero-order valence-corrected chi connectivity index (χ0v) is 12.1. The van der Waals surface area contributed by atoms with Gasteiger partial charge in [0, 0.05) is 32.2 Å². The molecule has 1 saturated heterocycles. The highest BCUT2D eigenvalue weighted by atomic mass is 15.2. The summed E-state index contributed by atoms with van der Waals surface area (Å²) < 4.78 is 0. The Bertz CT molecular complexity index is 224. The van der Waals surface area contributed by atoms with E-state index >= 15 is 0 Å². The fraction of sp³-hybridized carbons (Fsp3) is 1.00. The minimum Gasteiger partial charge on any atom is -0.329 e. The van der Waals surface area contributed by atoms with Crippen LogP contribution in [0.4, 0.5) is 0 Å². The molecule has 0 radical (unpaired) electrons. The van der Waals surface area contributed by atoms with Crippen LogP contribution in [-0.2, 0) is 0 Å². The Morgan fingerprint density at radius 2 is 1.78 bits per heavy atom. The van der Waals surface area contributed by atoms with Crippen molar-refractivity contribution < 1.29 is 0 Å². The van der Waals surface area contributed by atoms with E-state index in [0.29, 0.717) is 0 Å². The Morgan fingerprint density at radius 1 is 1.00 bits per heavy atom. The van der Waals surface area contributed by atoms with Crippen molar-refractivity contribution in [1.29, 1.82) is 0 Å². The molecule has 2 rings (SSSR count). The molecule has 0 aromatic rings. The molecule has 0 bridgehead atoms. The van der Waals surface area contributed by atoms with E-state index in [9.17, 15) is 0 Å². The van der Waals surface area contributed by atoms with Gasteiger partial charge in [-0.15, -0.1) is 0 Å². The van der Waals surface area contributed by atoms with Gasteiger partial charge >= 0.3 is 0 Å². The quantitative estimate of drug-likeness (QED) is 0.831. The minimum atomic E-state index is 0.807. The molecular weight excluding hydrogens is 222 g/mol. The van der Waals surface area contributed by atoms with E-state index in [1.807, 2.05) is 0 Å². The molecule has 0 spiro atoms. The third-order valence-electron chi connectivity index (χ3n) is 4.98. The molecule has 0 unspecified atom stereocenters. The van der Waals surface area contributed by atoms with Gasteiger partial charge in [0.1, 0.15) is 0 Å². The molecular formula is C15H31N3. The Balaban J connectivity index is 1.76. The molecule has 0 atom stereocenters. The zero-order chi connectivity index (χ0) is 12.8. The number of nitrogens with zero attached hydrogens (tertiary/aromatic N) is 2. The van der Waals surface area contributed by atoms with Crippen molar-refractivity contribution in [1.82, 2.24) is 9.80 Å². The average molecular weight is 253 g/mol. The maximum atomic E-state index is 5.66. The fourth-order valence-corrected chi connectivity index (χ4v) is 3.68. The smallest absolute Gasteiger partial charge is 0.0112 e. The Hall–Kier alpha value is -0.120. The molecule has 1 heterocycles. The third kappa shape index (κ3) is 3.94. The lowest BCUT2D eigenvalue weighted by molar-refractivity contribution is 0.138. The summed E-state index contributed by atoms with van der Waals surface area (Å²) in [6, 6.07) is 0.880. The lowest BCUT2D eigenvalue weighted by Gasteiger charge is -2.36. The predicted molar refractivity (Wildman–Crippen MR) is 77.7 cm³/mol. The number of nitrogens with two attached hydrogens (primary N) is 1. The van der Waals surface area contributed by atoms with E-state index in [2.05, 4.69) is 16.7 Å². The molecule has 1 aliphatic heterocycles. The van der Waals surface area contributed by atoms with E-state index in [1.165, 1.54) is 64.7 Å². The summed E-state index contributed by atoms with van der Waals surface area (Å²) >= 11 is 0. The van der Waals surface area contributed by atoms with Gasteiger partial charge in [-0.2, -0.15) is 0 Å². The van der Waals surface area contributed by atoms with E-state index in [0.717, 1.165) is 25.0 Å². The van der Waals surface area contributed by atoms with E-state index < -0.39 is 0 Å². The van der Waals surface area contributed by atoms with Crippen molar-refractivity contribution in [2.75, 3.05) is 39.3 Å². The van der Waals surface area contributed by atoms with E-state index in [-0.39, 0.29) is 0 Å². The first-order valence-corrected chi connectivity index (χ1v) is 8.00. The maximum Gasteiger partial charge on any atom is 0.0112 e. The SMILES string of the molecule is CCC1CCC(N2CCCN(CCN)CC2)CC1. The second-order valence-corrected chi connectivity index (χ2v) is 6.10. The van der Waals surface area contributed by atoms with Crippen LogP contribution in [0.15, 0.2) is 0 Å². The Kier molecular flexibility index (Phi) is 5.93. The first-order valence-electron chi connectivity index (χ1n) is 8.00.